The molecule has 0 saturated carbocycles. The van der Waals surface area contributed by atoms with E-state index in [1.807, 2.05) is 12.1 Å². The van der Waals surface area contributed by atoms with Crippen molar-refractivity contribution in [1.82, 2.24) is 5.32 Å². The first-order valence-electron chi connectivity index (χ1n) is 5.80. The highest BCUT2D eigenvalue weighted by Crippen LogP contribution is 2.16. The number of phenols is 1. The Bertz CT molecular complexity index is 334. The summed E-state index contributed by atoms with van der Waals surface area (Å²) in [5.74, 6) is 0.823. The Balaban J connectivity index is 1.89. The van der Waals surface area contributed by atoms with Crippen LogP contribution in [0.2, 0.25) is 0 Å². The lowest BCUT2D eigenvalue weighted by Crippen LogP contribution is -2.35. The van der Waals surface area contributed by atoms with Crippen molar-refractivity contribution in [2.24, 2.45) is 5.92 Å². The van der Waals surface area contributed by atoms with Crippen molar-refractivity contribution in [3.8, 4) is 5.75 Å². The van der Waals surface area contributed by atoms with E-state index < -0.39 is 0 Å². The minimum Gasteiger partial charge on any atom is -0.508 e. The Kier molecular flexibility index (Phi) is 3.46. The maximum atomic E-state index is 9.19. The Morgan fingerprint density at radius 1 is 1.38 bits per heavy atom. The van der Waals surface area contributed by atoms with Crippen LogP contribution in [0.1, 0.15) is 19.4 Å². The molecule has 1 aromatic rings. The molecular formula is C13H19NO2. The zero-order chi connectivity index (χ0) is 11.5. The van der Waals surface area contributed by atoms with Crippen LogP contribution in [0, 0.1) is 5.92 Å². The largest absolute Gasteiger partial charge is 0.508 e. The summed E-state index contributed by atoms with van der Waals surface area (Å²) >= 11 is 0. The minimum atomic E-state index is 0.183. The Hall–Kier alpha value is -1.06. The van der Waals surface area contributed by atoms with Crippen molar-refractivity contribution in [2.45, 2.75) is 32.5 Å². The smallest absolute Gasteiger partial charge is 0.115 e. The fraction of sp³-hybridized carbons (Fsp3) is 0.538. The number of aromatic hydroxyl groups is 1. The molecule has 0 amide bonds. The molecule has 1 aliphatic rings. The molecule has 0 aromatic heterocycles. The number of benzene rings is 1. The molecule has 0 bridgehead atoms. The molecule has 1 unspecified atom stereocenters. The van der Waals surface area contributed by atoms with Gasteiger partial charge in [-0.15, -0.1) is 0 Å². The predicted octanol–water partition coefficient (Wildman–Crippen LogP) is 1.91. The number of phenolic OH excluding ortho intramolecular Hbond substituents is 1. The van der Waals surface area contributed by atoms with E-state index in [4.69, 9.17) is 4.74 Å². The SMILES string of the molecule is CC(C)C1N[C@@H](Cc2ccc(O)cc2)CO1. The molecule has 0 aliphatic carbocycles. The van der Waals surface area contributed by atoms with Gasteiger partial charge >= 0.3 is 0 Å². The second-order valence-electron chi connectivity index (χ2n) is 4.73. The van der Waals surface area contributed by atoms with Crippen molar-refractivity contribution < 1.29 is 9.84 Å². The summed E-state index contributed by atoms with van der Waals surface area (Å²) in [6, 6.07) is 7.76. The molecule has 16 heavy (non-hydrogen) atoms. The summed E-state index contributed by atoms with van der Waals surface area (Å²) in [5.41, 5.74) is 1.23. The number of ether oxygens (including phenoxy) is 1. The first kappa shape index (κ1) is 11.4. The third-order valence-electron chi connectivity index (χ3n) is 2.90. The lowest BCUT2D eigenvalue weighted by atomic mass is 10.1. The first-order valence-corrected chi connectivity index (χ1v) is 5.80. The Morgan fingerprint density at radius 3 is 2.62 bits per heavy atom. The van der Waals surface area contributed by atoms with Gasteiger partial charge in [-0.05, 0) is 30.0 Å². The normalized spacial score (nSPS) is 25.2. The van der Waals surface area contributed by atoms with Crippen LogP contribution < -0.4 is 5.32 Å². The monoisotopic (exact) mass is 221 g/mol. The number of hydrogen-bond acceptors (Lipinski definition) is 3. The second kappa shape index (κ2) is 4.85. The van der Waals surface area contributed by atoms with Crippen LogP contribution in [0.15, 0.2) is 24.3 Å². The molecule has 2 N–H and O–H groups in total. The van der Waals surface area contributed by atoms with E-state index in [0.29, 0.717) is 17.7 Å². The van der Waals surface area contributed by atoms with Crippen LogP contribution in [0.4, 0.5) is 0 Å². The van der Waals surface area contributed by atoms with Gasteiger partial charge in [-0.3, -0.25) is 5.32 Å². The van der Waals surface area contributed by atoms with Crippen LogP contribution in [0.25, 0.3) is 0 Å². The molecule has 1 saturated heterocycles. The summed E-state index contributed by atoms with van der Waals surface area (Å²) in [5, 5.41) is 12.7. The quantitative estimate of drug-likeness (QED) is 0.819. The lowest BCUT2D eigenvalue weighted by molar-refractivity contribution is 0.0644. The maximum absolute atomic E-state index is 9.19. The predicted molar refractivity (Wildman–Crippen MR) is 63.3 cm³/mol. The van der Waals surface area contributed by atoms with Crippen LogP contribution in [-0.4, -0.2) is 24.0 Å². The second-order valence-corrected chi connectivity index (χ2v) is 4.73. The van der Waals surface area contributed by atoms with E-state index in [1.165, 1.54) is 5.56 Å². The fourth-order valence-corrected chi connectivity index (χ4v) is 1.97. The highest BCUT2D eigenvalue weighted by Gasteiger charge is 2.26. The van der Waals surface area contributed by atoms with Gasteiger partial charge in [-0.25, -0.2) is 0 Å². The molecule has 1 aromatic carbocycles. The third-order valence-corrected chi connectivity index (χ3v) is 2.90. The average Bonchev–Trinajstić information content (AvgIpc) is 2.70. The van der Waals surface area contributed by atoms with Crippen molar-refractivity contribution in [2.75, 3.05) is 6.61 Å². The van der Waals surface area contributed by atoms with E-state index >= 15 is 0 Å². The van der Waals surface area contributed by atoms with E-state index in [2.05, 4.69) is 19.2 Å². The molecule has 1 fully saturated rings. The molecule has 2 rings (SSSR count). The summed E-state index contributed by atoms with van der Waals surface area (Å²) < 4.78 is 5.66. The van der Waals surface area contributed by atoms with Gasteiger partial charge in [0.15, 0.2) is 0 Å². The summed E-state index contributed by atoms with van der Waals surface area (Å²) in [6.45, 7) is 5.07. The van der Waals surface area contributed by atoms with Crippen molar-refractivity contribution >= 4 is 0 Å². The topological polar surface area (TPSA) is 41.5 Å². The van der Waals surface area contributed by atoms with E-state index in [0.717, 1.165) is 13.0 Å². The van der Waals surface area contributed by atoms with Crippen LogP contribution >= 0.6 is 0 Å². The Labute approximate surface area is 96.4 Å². The molecule has 88 valence electrons. The van der Waals surface area contributed by atoms with Gasteiger partial charge in [0.05, 0.1) is 6.61 Å². The molecule has 3 heteroatoms. The van der Waals surface area contributed by atoms with Gasteiger partial charge in [-0.1, -0.05) is 26.0 Å². The van der Waals surface area contributed by atoms with E-state index in [9.17, 15) is 5.11 Å². The van der Waals surface area contributed by atoms with Gasteiger partial charge < -0.3 is 9.84 Å². The Morgan fingerprint density at radius 2 is 2.06 bits per heavy atom. The highest BCUT2D eigenvalue weighted by atomic mass is 16.5. The number of nitrogens with one attached hydrogen (secondary N) is 1. The molecule has 0 spiro atoms. The zero-order valence-electron chi connectivity index (χ0n) is 9.81. The summed E-state index contributed by atoms with van der Waals surface area (Å²) in [7, 11) is 0. The molecule has 2 atom stereocenters. The molecule has 1 heterocycles. The first-order chi connectivity index (χ1) is 7.65. The zero-order valence-corrected chi connectivity index (χ0v) is 9.81. The number of rotatable bonds is 3. The molecule has 1 aliphatic heterocycles. The highest BCUT2D eigenvalue weighted by molar-refractivity contribution is 5.26. The van der Waals surface area contributed by atoms with Gasteiger partial charge in [0.1, 0.15) is 12.0 Å². The van der Waals surface area contributed by atoms with E-state index in [1.54, 1.807) is 12.1 Å². The summed E-state index contributed by atoms with van der Waals surface area (Å²) in [6.07, 6.45) is 1.13. The standard InChI is InChI=1S/C13H19NO2/c1-9(2)13-14-11(8-16-13)7-10-3-5-12(15)6-4-10/h3-6,9,11,13-15H,7-8H2,1-2H3/t11-,13?/m0/s1. The van der Waals surface area contributed by atoms with Crippen molar-refractivity contribution in [3.05, 3.63) is 29.8 Å². The lowest BCUT2D eigenvalue weighted by Gasteiger charge is -2.15. The molecular weight excluding hydrogens is 202 g/mol. The van der Waals surface area contributed by atoms with Gasteiger partial charge in [-0.2, -0.15) is 0 Å². The van der Waals surface area contributed by atoms with Gasteiger partial charge in [0, 0.05) is 6.04 Å². The van der Waals surface area contributed by atoms with E-state index in [-0.39, 0.29) is 6.23 Å². The van der Waals surface area contributed by atoms with Crippen LogP contribution in [-0.2, 0) is 11.2 Å². The van der Waals surface area contributed by atoms with Crippen molar-refractivity contribution in [3.63, 3.8) is 0 Å². The third kappa shape index (κ3) is 2.74. The van der Waals surface area contributed by atoms with Gasteiger partial charge in [0.25, 0.3) is 0 Å². The number of hydrogen-bond donors (Lipinski definition) is 2. The maximum Gasteiger partial charge on any atom is 0.115 e. The molecule has 0 radical (unpaired) electrons. The fourth-order valence-electron chi connectivity index (χ4n) is 1.97. The summed E-state index contributed by atoms with van der Waals surface area (Å²) in [4.78, 5) is 0. The minimum absolute atomic E-state index is 0.183. The molecule has 3 nitrogen and oxygen atoms in total. The van der Waals surface area contributed by atoms with Crippen LogP contribution in [0.3, 0.4) is 0 Å². The van der Waals surface area contributed by atoms with Crippen molar-refractivity contribution in [1.29, 1.82) is 0 Å². The van der Waals surface area contributed by atoms with Crippen LogP contribution in [0.5, 0.6) is 5.75 Å². The average molecular weight is 221 g/mol. The van der Waals surface area contributed by atoms with Gasteiger partial charge in [0.2, 0.25) is 0 Å².